The van der Waals surface area contributed by atoms with Gasteiger partial charge in [0.2, 0.25) is 12.1 Å². The number of rotatable bonds is 8. The zero-order valence-electron chi connectivity index (χ0n) is 25.6. The quantitative estimate of drug-likeness (QED) is 0.215. The van der Waals surface area contributed by atoms with Crippen molar-refractivity contribution in [3.8, 4) is 22.6 Å². The highest BCUT2D eigenvalue weighted by Crippen LogP contribution is 2.34. The molecule has 9 nitrogen and oxygen atoms in total. The van der Waals surface area contributed by atoms with Crippen LogP contribution in [0.4, 0.5) is 5.69 Å². The second kappa shape index (κ2) is 13.4. The van der Waals surface area contributed by atoms with Gasteiger partial charge in [0.05, 0.1) is 24.5 Å². The summed E-state index contributed by atoms with van der Waals surface area (Å²) in [6, 6.07) is 37.4. The molecule has 1 unspecified atom stereocenters. The van der Waals surface area contributed by atoms with Gasteiger partial charge in [-0.25, -0.2) is 4.99 Å². The van der Waals surface area contributed by atoms with E-state index in [-0.39, 0.29) is 24.6 Å². The lowest BCUT2D eigenvalue weighted by molar-refractivity contribution is -0.136. The number of phenols is 2. The largest absolute Gasteiger partial charge is 0.508 e. The van der Waals surface area contributed by atoms with Gasteiger partial charge in [-0.2, -0.15) is 0 Å². The number of hydrogen-bond donors (Lipinski definition) is 3. The molecule has 0 radical (unpaired) electrons. The summed E-state index contributed by atoms with van der Waals surface area (Å²) >= 11 is 0. The molecule has 0 fully saturated rings. The van der Waals surface area contributed by atoms with Crippen molar-refractivity contribution in [3.05, 3.63) is 150 Å². The van der Waals surface area contributed by atoms with E-state index < -0.39 is 23.9 Å². The van der Waals surface area contributed by atoms with E-state index >= 15 is 0 Å². The Labute approximate surface area is 272 Å². The molecule has 6 rings (SSSR count). The Morgan fingerprint density at radius 2 is 1.36 bits per heavy atom. The molecule has 1 aliphatic heterocycles. The van der Waals surface area contributed by atoms with E-state index in [1.165, 1.54) is 36.2 Å². The van der Waals surface area contributed by atoms with E-state index in [0.717, 1.165) is 16.7 Å². The summed E-state index contributed by atoms with van der Waals surface area (Å²) in [6.07, 6.45) is -1.31. The molecule has 5 aromatic carbocycles. The number of fused-ring (bicyclic) bond motifs is 1. The van der Waals surface area contributed by atoms with E-state index in [9.17, 15) is 24.6 Å². The number of aliphatic imine (C=N–C) groups is 1. The number of aromatic hydroxyl groups is 2. The number of anilines is 1. The van der Waals surface area contributed by atoms with Crippen molar-refractivity contribution in [1.82, 2.24) is 10.2 Å². The minimum Gasteiger partial charge on any atom is -0.508 e. The van der Waals surface area contributed by atoms with E-state index in [1.807, 2.05) is 54.6 Å². The summed E-state index contributed by atoms with van der Waals surface area (Å²) in [5.74, 6) is -1.39. The van der Waals surface area contributed by atoms with Gasteiger partial charge in [-0.3, -0.25) is 14.4 Å². The first-order valence-electron chi connectivity index (χ1n) is 15.0. The maximum atomic E-state index is 14.5. The van der Waals surface area contributed by atoms with Gasteiger partial charge < -0.3 is 25.3 Å². The highest BCUT2D eigenvalue weighted by Gasteiger charge is 2.36. The van der Waals surface area contributed by atoms with Gasteiger partial charge in [0.15, 0.2) is 0 Å². The highest BCUT2D eigenvalue weighted by atomic mass is 16.3. The molecule has 9 heteroatoms. The molecule has 234 valence electrons. The molecule has 0 aromatic heterocycles. The molecule has 3 N–H and O–H groups in total. The maximum Gasteiger partial charge on any atom is 0.272 e. The number of amides is 3. The van der Waals surface area contributed by atoms with Crippen molar-refractivity contribution in [2.24, 2.45) is 4.99 Å². The minimum absolute atomic E-state index is 0.0265. The summed E-state index contributed by atoms with van der Waals surface area (Å²) in [5.41, 5.74) is 5.23. The van der Waals surface area contributed by atoms with Crippen molar-refractivity contribution < 1.29 is 24.6 Å². The zero-order valence-corrected chi connectivity index (χ0v) is 25.6. The fourth-order valence-corrected chi connectivity index (χ4v) is 5.44. The lowest BCUT2D eigenvalue weighted by Crippen LogP contribution is -2.50. The normalized spacial score (nSPS) is 14.1. The van der Waals surface area contributed by atoms with Crippen molar-refractivity contribution >= 4 is 29.1 Å². The highest BCUT2D eigenvalue weighted by molar-refractivity contribution is 6.20. The molecule has 0 saturated heterocycles. The van der Waals surface area contributed by atoms with Gasteiger partial charge in [0.25, 0.3) is 11.8 Å². The molecular formula is C38H32N4O5. The lowest BCUT2D eigenvalue weighted by Gasteiger charge is -2.29. The number of phenolic OH excluding ortho intramolecular Hbond substituents is 2. The molecule has 3 amide bonds. The van der Waals surface area contributed by atoms with Crippen molar-refractivity contribution in [2.75, 3.05) is 18.5 Å². The van der Waals surface area contributed by atoms with Crippen molar-refractivity contribution in [2.45, 2.75) is 12.7 Å². The van der Waals surface area contributed by atoms with Crippen molar-refractivity contribution in [1.29, 1.82) is 0 Å². The number of nitrogens with one attached hydrogen (secondary N) is 1. The van der Waals surface area contributed by atoms with Crippen LogP contribution in [0.15, 0.2) is 132 Å². The predicted molar refractivity (Wildman–Crippen MR) is 180 cm³/mol. The van der Waals surface area contributed by atoms with Crippen LogP contribution < -0.4 is 10.2 Å². The monoisotopic (exact) mass is 624 g/mol. The molecular weight excluding hydrogens is 592 g/mol. The van der Waals surface area contributed by atoms with E-state index in [0.29, 0.717) is 28.1 Å². The number of likely N-dealkylation sites (N-methyl/N-ethyl adjacent to an activating group) is 1. The number of benzodiazepines with no additional fused rings is 1. The van der Waals surface area contributed by atoms with Gasteiger partial charge in [0.1, 0.15) is 11.5 Å². The third-order valence-corrected chi connectivity index (χ3v) is 8.00. The molecule has 1 heterocycles. The lowest BCUT2D eigenvalue weighted by atomic mass is 9.99. The van der Waals surface area contributed by atoms with Crippen LogP contribution in [-0.2, 0) is 16.1 Å². The van der Waals surface area contributed by atoms with E-state index in [4.69, 9.17) is 4.99 Å². The van der Waals surface area contributed by atoms with Gasteiger partial charge in [-0.05, 0) is 71.3 Å². The fraction of sp³-hybridized carbons (Fsp3) is 0.105. The molecule has 5 aromatic rings. The zero-order chi connectivity index (χ0) is 32.9. The SMILES string of the molecule is CN(C(=O)CNC(=O)c1ccccc1)C1N=C(c2ccc(O)cc2)c2cc(O)ccc2N(Cc2ccc(-c3ccccc3)cc2)C1=O. The van der Waals surface area contributed by atoms with Crippen LogP contribution in [0.25, 0.3) is 11.1 Å². The van der Waals surface area contributed by atoms with Gasteiger partial charge in [-0.1, -0.05) is 72.8 Å². The first-order valence-corrected chi connectivity index (χ1v) is 15.0. The van der Waals surface area contributed by atoms with Crippen molar-refractivity contribution in [3.63, 3.8) is 0 Å². The Morgan fingerprint density at radius 3 is 2.04 bits per heavy atom. The minimum atomic E-state index is -1.31. The molecule has 1 aliphatic rings. The second-order valence-corrected chi connectivity index (χ2v) is 11.1. The Balaban J connectivity index is 1.36. The number of benzene rings is 5. The average Bonchev–Trinajstić information content (AvgIpc) is 3.22. The number of hydrogen-bond acceptors (Lipinski definition) is 6. The summed E-state index contributed by atoms with van der Waals surface area (Å²) in [4.78, 5) is 48.2. The summed E-state index contributed by atoms with van der Waals surface area (Å²) in [5, 5.41) is 23.1. The third-order valence-electron chi connectivity index (χ3n) is 8.00. The van der Waals surface area contributed by atoms with Crippen LogP contribution in [0, 0.1) is 0 Å². The van der Waals surface area contributed by atoms with Gasteiger partial charge >= 0.3 is 0 Å². The van der Waals surface area contributed by atoms with Crippen LogP contribution in [0.1, 0.15) is 27.0 Å². The van der Waals surface area contributed by atoms with Crippen LogP contribution in [0.3, 0.4) is 0 Å². The Morgan fingerprint density at radius 1 is 0.766 bits per heavy atom. The molecule has 47 heavy (non-hydrogen) atoms. The molecule has 0 spiro atoms. The maximum absolute atomic E-state index is 14.5. The van der Waals surface area contributed by atoms with Crippen LogP contribution in [0.2, 0.25) is 0 Å². The first-order chi connectivity index (χ1) is 22.8. The third kappa shape index (κ3) is 6.74. The Kier molecular flexibility index (Phi) is 8.79. The van der Waals surface area contributed by atoms with Crippen LogP contribution in [0.5, 0.6) is 11.5 Å². The number of nitrogens with zero attached hydrogens (tertiary/aromatic N) is 3. The van der Waals surface area contributed by atoms with Gasteiger partial charge in [-0.15, -0.1) is 0 Å². The second-order valence-electron chi connectivity index (χ2n) is 11.1. The first kappa shape index (κ1) is 30.8. The van der Waals surface area contributed by atoms with Crippen LogP contribution in [-0.4, -0.2) is 58.3 Å². The Hall–Kier alpha value is -6.22. The van der Waals surface area contributed by atoms with Crippen LogP contribution >= 0.6 is 0 Å². The summed E-state index contributed by atoms with van der Waals surface area (Å²) < 4.78 is 0. The average molecular weight is 625 g/mol. The number of carbonyl (C=O) groups is 3. The van der Waals surface area contributed by atoms with E-state index in [2.05, 4.69) is 5.32 Å². The van der Waals surface area contributed by atoms with E-state index in [1.54, 1.807) is 53.4 Å². The molecule has 1 atom stereocenters. The standard InChI is InChI=1S/C38H32N4O5/c1-41(34(45)23-39-37(46)29-10-6-3-7-11-29)36-38(47)42(24-25-12-14-27(15-13-25)26-8-4-2-5-9-26)33-21-20-31(44)22-32(33)35(40-36)28-16-18-30(43)19-17-28/h2-22,36,43-44H,23-24H2,1H3,(H,39,46). The topological polar surface area (TPSA) is 123 Å². The summed E-state index contributed by atoms with van der Waals surface area (Å²) in [7, 11) is 1.47. The summed E-state index contributed by atoms with van der Waals surface area (Å²) in [6.45, 7) is -0.194. The van der Waals surface area contributed by atoms with Gasteiger partial charge in [0, 0.05) is 23.7 Å². The molecule has 0 bridgehead atoms. The number of carbonyl (C=O) groups excluding carboxylic acids is 3. The fourth-order valence-electron chi connectivity index (χ4n) is 5.44. The molecule has 0 aliphatic carbocycles. The smallest absolute Gasteiger partial charge is 0.272 e. The molecule has 0 saturated carbocycles. The predicted octanol–water partition coefficient (Wildman–Crippen LogP) is 5.36. The Bertz CT molecular complexity index is 1940.